The molecule has 110 valence electrons. The molecule has 3 N–H and O–H groups in total. The van der Waals surface area contributed by atoms with E-state index in [2.05, 4.69) is 0 Å². The molecule has 0 fully saturated rings. The van der Waals surface area contributed by atoms with Gasteiger partial charge in [-0.05, 0) is 42.3 Å². The molecule has 0 saturated carbocycles. The molecule has 0 atom stereocenters. The fourth-order valence-corrected chi connectivity index (χ4v) is 2.26. The maximum absolute atomic E-state index is 12.5. The molecule has 0 spiro atoms. The van der Waals surface area contributed by atoms with Gasteiger partial charge in [-0.3, -0.25) is 4.79 Å². The number of amides is 1. The minimum absolute atomic E-state index is 0.0212. The average molecular weight is 284 g/mol. The van der Waals surface area contributed by atoms with Gasteiger partial charge in [0.2, 0.25) is 0 Å². The van der Waals surface area contributed by atoms with Crippen molar-refractivity contribution in [3.05, 3.63) is 65.2 Å². The van der Waals surface area contributed by atoms with Crippen LogP contribution in [0.4, 0.5) is 0 Å². The number of nitrogens with two attached hydrogens (primary N) is 1. The average Bonchev–Trinajstić information content (AvgIpc) is 2.50. The number of benzene rings is 2. The zero-order chi connectivity index (χ0) is 15.2. The van der Waals surface area contributed by atoms with Crippen molar-refractivity contribution in [3.63, 3.8) is 0 Å². The first-order valence-electron chi connectivity index (χ1n) is 6.93. The molecule has 0 unspecified atom stereocenters. The van der Waals surface area contributed by atoms with Gasteiger partial charge in [-0.1, -0.05) is 30.3 Å². The van der Waals surface area contributed by atoms with Gasteiger partial charge in [-0.2, -0.15) is 0 Å². The number of rotatable bonds is 5. The second-order valence-electron chi connectivity index (χ2n) is 5.02. The molecule has 0 saturated heterocycles. The Balaban J connectivity index is 2.13. The van der Waals surface area contributed by atoms with Crippen LogP contribution < -0.4 is 5.73 Å². The molecule has 0 heterocycles. The van der Waals surface area contributed by atoms with Gasteiger partial charge in [0.15, 0.2) is 0 Å². The molecule has 2 aromatic carbocycles. The van der Waals surface area contributed by atoms with Crippen molar-refractivity contribution in [3.8, 4) is 5.75 Å². The smallest absolute Gasteiger partial charge is 0.254 e. The van der Waals surface area contributed by atoms with E-state index in [0.717, 1.165) is 11.1 Å². The van der Waals surface area contributed by atoms with Crippen LogP contribution in [0.25, 0.3) is 0 Å². The highest BCUT2D eigenvalue weighted by Crippen LogP contribution is 2.15. The Morgan fingerprint density at radius 1 is 1.14 bits per heavy atom. The number of phenols is 1. The Labute approximate surface area is 124 Å². The summed E-state index contributed by atoms with van der Waals surface area (Å²) in [6.07, 6.45) is 0.689. The lowest BCUT2D eigenvalue weighted by molar-refractivity contribution is 0.0784. The quantitative estimate of drug-likeness (QED) is 0.884. The summed E-state index contributed by atoms with van der Waals surface area (Å²) in [4.78, 5) is 14.2. The van der Waals surface area contributed by atoms with Gasteiger partial charge >= 0.3 is 0 Å². The van der Waals surface area contributed by atoms with Gasteiger partial charge in [0.1, 0.15) is 5.75 Å². The van der Waals surface area contributed by atoms with Crippen LogP contribution in [0.1, 0.15) is 21.5 Å². The molecule has 0 aliphatic heterocycles. The zero-order valence-corrected chi connectivity index (χ0v) is 12.1. The summed E-state index contributed by atoms with van der Waals surface area (Å²) in [6.45, 7) is 1.02. The summed E-state index contributed by atoms with van der Waals surface area (Å²) in [6, 6.07) is 14.4. The molecule has 0 aliphatic rings. The zero-order valence-electron chi connectivity index (χ0n) is 12.1. The normalized spacial score (nSPS) is 10.4. The fourth-order valence-electron chi connectivity index (χ4n) is 2.26. The van der Waals surface area contributed by atoms with Crippen LogP contribution in [-0.2, 0) is 13.0 Å². The van der Waals surface area contributed by atoms with Gasteiger partial charge in [0, 0.05) is 19.2 Å². The van der Waals surface area contributed by atoms with Crippen LogP contribution in [0.5, 0.6) is 5.75 Å². The van der Waals surface area contributed by atoms with Gasteiger partial charge in [0.25, 0.3) is 5.91 Å². The molecule has 0 bridgehead atoms. The molecule has 1 amide bonds. The molecule has 0 aromatic heterocycles. The molecule has 0 radical (unpaired) electrons. The second-order valence-corrected chi connectivity index (χ2v) is 5.02. The van der Waals surface area contributed by atoms with Crippen molar-refractivity contribution >= 4 is 5.91 Å². The molecule has 2 rings (SSSR count). The Kier molecular flexibility index (Phi) is 4.95. The van der Waals surface area contributed by atoms with Crippen molar-refractivity contribution in [1.82, 2.24) is 4.90 Å². The Morgan fingerprint density at radius 3 is 2.48 bits per heavy atom. The molecule has 4 nitrogen and oxygen atoms in total. The van der Waals surface area contributed by atoms with Crippen LogP contribution in [0.3, 0.4) is 0 Å². The lowest BCUT2D eigenvalue weighted by Gasteiger charge is -2.19. The number of carbonyl (C=O) groups excluding carboxylic acids is 1. The molecule has 21 heavy (non-hydrogen) atoms. The van der Waals surface area contributed by atoms with E-state index in [1.54, 1.807) is 24.1 Å². The van der Waals surface area contributed by atoms with E-state index < -0.39 is 0 Å². The lowest BCUT2D eigenvalue weighted by atomic mass is 10.0. The Hall–Kier alpha value is -2.33. The van der Waals surface area contributed by atoms with Crippen molar-refractivity contribution < 1.29 is 9.90 Å². The van der Waals surface area contributed by atoms with Gasteiger partial charge in [0.05, 0.1) is 0 Å². The summed E-state index contributed by atoms with van der Waals surface area (Å²) < 4.78 is 0. The number of nitrogens with zero attached hydrogens (tertiary/aromatic N) is 1. The third-order valence-electron chi connectivity index (χ3n) is 3.36. The van der Waals surface area contributed by atoms with E-state index in [4.69, 9.17) is 5.73 Å². The van der Waals surface area contributed by atoms with Crippen molar-refractivity contribution in [1.29, 1.82) is 0 Å². The maximum Gasteiger partial charge on any atom is 0.254 e. The number of carbonyl (C=O) groups is 1. The lowest BCUT2D eigenvalue weighted by Crippen LogP contribution is -2.27. The van der Waals surface area contributed by atoms with E-state index >= 15 is 0 Å². The third-order valence-corrected chi connectivity index (χ3v) is 3.36. The van der Waals surface area contributed by atoms with E-state index in [-0.39, 0.29) is 11.7 Å². The van der Waals surface area contributed by atoms with E-state index in [9.17, 15) is 9.90 Å². The SMILES string of the molecule is CN(Cc1ccc(O)cc1)C(=O)c1ccccc1CCN. The summed E-state index contributed by atoms with van der Waals surface area (Å²) in [5.74, 6) is 0.202. The highest BCUT2D eigenvalue weighted by molar-refractivity contribution is 5.95. The minimum Gasteiger partial charge on any atom is -0.508 e. The van der Waals surface area contributed by atoms with Crippen LogP contribution in [-0.4, -0.2) is 29.5 Å². The van der Waals surface area contributed by atoms with E-state index in [1.165, 1.54) is 0 Å². The van der Waals surface area contributed by atoms with Crippen molar-refractivity contribution in [2.45, 2.75) is 13.0 Å². The topological polar surface area (TPSA) is 66.6 Å². The van der Waals surface area contributed by atoms with Crippen LogP contribution in [0.15, 0.2) is 48.5 Å². The largest absolute Gasteiger partial charge is 0.508 e. The number of aromatic hydroxyl groups is 1. The van der Waals surface area contributed by atoms with Crippen LogP contribution in [0, 0.1) is 0 Å². The summed E-state index contributed by atoms with van der Waals surface area (Å²) in [7, 11) is 1.77. The first-order chi connectivity index (χ1) is 10.1. The highest BCUT2D eigenvalue weighted by Gasteiger charge is 2.15. The molecular weight excluding hydrogens is 264 g/mol. The molecule has 4 heteroatoms. The first-order valence-corrected chi connectivity index (χ1v) is 6.93. The standard InChI is InChI=1S/C17H20N2O2/c1-19(12-13-6-8-15(20)9-7-13)17(21)16-5-3-2-4-14(16)10-11-18/h2-9,20H,10-12,18H2,1H3. The van der Waals surface area contributed by atoms with Gasteiger partial charge in [-0.25, -0.2) is 0 Å². The summed E-state index contributed by atoms with van der Waals surface area (Å²) >= 11 is 0. The maximum atomic E-state index is 12.5. The number of hydrogen-bond donors (Lipinski definition) is 2. The van der Waals surface area contributed by atoms with Crippen molar-refractivity contribution in [2.75, 3.05) is 13.6 Å². The molecular formula is C17H20N2O2. The second kappa shape index (κ2) is 6.90. The predicted octanol–water partition coefficient (Wildman–Crippen LogP) is 2.17. The number of phenolic OH excluding ortho intramolecular Hbond substituents is 1. The van der Waals surface area contributed by atoms with E-state index in [0.29, 0.717) is 25.1 Å². The first kappa shape index (κ1) is 15.1. The third kappa shape index (κ3) is 3.83. The minimum atomic E-state index is -0.0212. The fraction of sp³-hybridized carbons (Fsp3) is 0.235. The van der Waals surface area contributed by atoms with Crippen LogP contribution in [0.2, 0.25) is 0 Å². The summed E-state index contributed by atoms with van der Waals surface area (Å²) in [5.41, 5.74) is 8.24. The van der Waals surface area contributed by atoms with Crippen molar-refractivity contribution in [2.24, 2.45) is 5.73 Å². The predicted molar refractivity (Wildman–Crippen MR) is 83.1 cm³/mol. The highest BCUT2D eigenvalue weighted by atomic mass is 16.3. The molecule has 0 aliphatic carbocycles. The summed E-state index contributed by atoms with van der Waals surface area (Å²) in [5, 5.41) is 9.28. The van der Waals surface area contributed by atoms with Crippen LogP contribution >= 0.6 is 0 Å². The number of hydrogen-bond acceptors (Lipinski definition) is 3. The molecule has 2 aromatic rings. The van der Waals surface area contributed by atoms with Gasteiger partial charge < -0.3 is 15.7 Å². The van der Waals surface area contributed by atoms with E-state index in [1.807, 2.05) is 36.4 Å². The Bertz CT molecular complexity index is 608. The Morgan fingerprint density at radius 2 is 1.81 bits per heavy atom. The monoisotopic (exact) mass is 284 g/mol. The van der Waals surface area contributed by atoms with Gasteiger partial charge in [-0.15, -0.1) is 0 Å².